The van der Waals surface area contributed by atoms with E-state index in [0.29, 0.717) is 22.0 Å². The lowest BCUT2D eigenvalue weighted by Gasteiger charge is -2.16. The van der Waals surface area contributed by atoms with Gasteiger partial charge in [-0.2, -0.15) is 13.2 Å². The van der Waals surface area contributed by atoms with Crippen molar-refractivity contribution < 1.29 is 27.5 Å². The Morgan fingerprint density at radius 2 is 1.81 bits per heavy atom. The second-order valence-corrected chi connectivity index (χ2v) is 9.59. The third kappa shape index (κ3) is 6.26. The molecule has 0 aromatic heterocycles. The second kappa shape index (κ2) is 10.7. The van der Waals surface area contributed by atoms with Crippen molar-refractivity contribution >= 4 is 69.2 Å². The minimum absolute atomic E-state index is 0.0412. The molecule has 11 heteroatoms. The fraction of sp³-hybridized carbons (Fsp3) is 0.0800. The summed E-state index contributed by atoms with van der Waals surface area (Å²) in [6.07, 6.45) is -2.98. The van der Waals surface area contributed by atoms with Crippen molar-refractivity contribution in [3.05, 3.63) is 93.9 Å². The molecule has 3 aromatic carbocycles. The molecule has 5 nitrogen and oxygen atoms in total. The minimum atomic E-state index is -4.54. The van der Waals surface area contributed by atoms with Gasteiger partial charge in [-0.05, 0) is 66.2 Å². The van der Waals surface area contributed by atoms with Crippen LogP contribution in [0.5, 0.6) is 5.75 Å². The number of carbonyl (C=O) groups excluding carboxylic acids is 2. The summed E-state index contributed by atoms with van der Waals surface area (Å²) >= 11 is 12.1. The molecule has 1 N–H and O–H groups in total. The quantitative estimate of drug-likeness (QED) is 0.272. The molecular weight excluding hydrogens is 533 g/mol. The Kier molecular flexibility index (Phi) is 7.67. The molecule has 4 rings (SSSR count). The highest BCUT2D eigenvalue weighted by Gasteiger charge is 2.36. The van der Waals surface area contributed by atoms with Crippen LogP contribution in [-0.2, 0) is 15.8 Å². The number of carbonyl (C=O) groups is 2. The SMILES string of the molecule is O=C(COc1cccc(/C=C2\SC(=S)N(c3cccc(C(F)(F)F)c3)C2=O)c1)Nc1ccc(Cl)cc1. The van der Waals surface area contributed by atoms with E-state index in [4.69, 9.17) is 28.6 Å². The van der Waals surface area contributed by atoms with Gasteiger partial charge < -0.3 is 10.1 Å². The number of rotatable bonds is 6. The molecule has 184 valence electrons. The topological polar surface area (TPSA) is 58.6 Å². The number of hydrogen-bond donors (Lipinski definition) is 1. The summed E-state index contributed by atoms with van der Waals surface area (Å²) < 4.78 is 45.0. The Morgan fingerprint density at radius 1 is 1.08 bits per heavy atom. The molecule has 0 radical (unpaired) electrons. The van der Waals surface area contributed by atoms with Gasteiger partial charge in [0.25, 0.3) is 11.8 Å². The molecule has 1 aliphatic rings. The lowest BCUT2D eigenvalue weighted by atomic mass is 10.1. The number of thiocarbonyl (C=S) groups is 1. The van der Waals surface area contributed by atoms with Crippen molar-refractivity contribution in [3.8, 4) is 5.75 Å². The summed E-state index contributed by atoms with van der Waals surface area (Å²) in [5.74, 6) is -0.508. The van der Waals surface area contributed by atoms with Gasteiger partial charge in [-0.1, -0.05) is 53.8 Å². The van der Waals surface area contributed by atoms with E-state index in [1.165, 1.54) is 12.1 Å². The molecule has 1 saturated heterocycles. The summed E-state index contributed by atoms with van der Waals surface area (Å²) in [6.45, 7) is -0.246. The molecule has 3 aromatic rings. The van der Waals surface area contributed by atoms with E-state index in [1.54, 1.807) is 54.6 Å². The first-order valence-corrected chi connectivity index (χ1v) is 11.9. The van der Waals surface area contributed by atoms with Gasteiger partial charge in [-0.15, -0.1) is 0 Å². The Bertz CT molecular complexity index is 1360. The lowest BCUT2D eigenvalue weighted by molar-refractivity contribution is -0.137. The highest BCUT2D eigenvalue weighted by molar-refractivity contribution is 8.27. The van der Waals surface area contributed by atoms with Crippen LogP contribution >= 0.6 is 35.6 Å². The Hall–Kier alpha value is -3.34. The average molecular weight is 549 g/mol. The normalized spacial score (nSPS) is 14.9. The number of amides is 2. The van der Waals surface area contributed by atoms with Gasteiger partial charge in [0.2, 0.25) is 0 Å². The number of nitrogens with one attached hydrogen (secondary N) is 1. The van der Waals surface area contributed by atoms with Crippen LogP contribution < -0.4 is 15.0 Å². The van der Waals surface area contributed by atoms with Crippen LogP contribution in [0.3, 0.4) is 0 Å². The molecule has 0 bridgehead atoms. The number of ether oxygens (including phenoxy) is 1. The molecule has 0 saturated carbocycles. The van der Waals surface area contributed by atoms with Gasteiger partial charge in [-0.3, -0.25) is 14.5 Å². The van der Waals surface area contributed by atoms with Crippen molar-refractivity contribution in [1.82, 2.24) is 0 Å². The van der Waals surface area contributed by atoms with Gasteiger partial charge in [0.05, 0.1) is 16.2 Å². The monoisotopic (exact) mass is 548 g/mol. The molecule has 2 amide bonds. The van der Waals surface area contributed by atoms with Crippen LogP contribution in [0.15, 0.2) is 77.7 Å². The van der Waals surface area contributed by atoms with E-state index in [0.717, 1.165) is 28.8 Å². The van der Waals surface area contributed by atoms with Crippen LogP contribution in [-0.4, -0.2) is 22.7 Å². The van der Waals surface area contributed by atoms with E-state index in [-0.39, 0.29) is 27.4 Å². The minimum Gasteiger partial charge on any atom is -0.484 e. The molecule has 0 atom stereocenters. The van der Waals surface area contributed by atoms with Crippen molar-refractivity contribution in [1.29, 1.82) is 0 Å². The number of nitrogens with zero attached hydrogens (tertiary/aromatic N) is 1. The molecule has 1 aliphatic heterocycles. The van der Waals surface area contributed by atoms with Gasteiger partial charge in [0, 0.05) is 10.7 Å². The largest absolute Gasteiger partial charge is 0.484 e. The highest BCUT2D eigenvalue weighted by Crippen LogP contribution is 2.38. The second-order valence-electron chi connectivity index (χ2n) is 7.48. The van der Waals surface area contributed by atoms with E-state index < -0.39 is 17.6 Å². The summed E-state index contributed by atoms with van der Waals surface area (Å²) in [7, 11) is 0. The zero-order valence-corrected chi connectivity index (χ0v) is 20.6. The smallest absolute Gasteiger partial charge is 0.416 e. The predicted octanol–water partition coefficient (Wildman–Crippen LogP) is 6.78. The van der Waals surface area contributed by atoms with Crippen LogP contribution in [0.1, 0.15) is 11.1 Å². The van der Waals surface area contributed by atoms with Crippen molar-refractivity contribution in [2.24, 2.45) is 0 Å². The number of benzene rings is 3. The van der Waals surface area contributed by atoms with E-state index in [9.17, 15) is 22.8 Å². The number of alkyl halides is 3. The summed E-state index contributed by atoms with van der Waals surface area (Å²) in [4.78, 5) is 26.4. The zero-order chi connectivity index (χ0) is 25.9. The first kappa shape index (κ1) is 25.7. The molecule has 0 unspecified atom stereocenters. The Labute approximate surface area is 218 Å². The predicted molar refractivity (Wildman–Crippen MR) is 139 cm³/mol. The standard InChI is InChI=1S/C25H16ClF3N2O3S2/c26-17-7-9-18(10-8-17)30-22(32)14-34-20-6-1-3-15(11-20)12-21-23(33)31(24(35)36-21)19-5-2-4-16(13-19)25(27,28)29/h1-13H,14H2,(H,30,32)/b21-12-. The number of anilines is 2. The maximum Gasteiger partial charge on any atom is 0.416 e. The molecular formula is C25H16ClF3N2O3S2. The fourth-order valence-corrected chi connectivity index (χ4v) is 4.66. The lowest BCUT2D eigenvalue weighted by Crippen LogP contribution is -2.27. The van der Waals surface area contributed by atoms with Crippen molar-refractivity contribution in [3.63, 3.8) is 0 Å². The van der Waals surface area contributed by atoms with Crippen LogP contribution in [0, 0.1) is 0 Å². The van der Waals surface area contributed by atoms with E-state index in [1.807, 2.05) is 0 Å². The molecule has 0 aliphatic carbocycles. The molecule has 36 heavy (non-hydrogen) atoms. The van der Waals surface area contributed by atoms with Crippen LogP contribution in [0.4, 0.5) is 24.5 Å². The van der Waals surface area contributed by atoms with Crippen molar-refractivity contribution in [2.45, 2.75) is 6.18 Å². The number of thioether (sulfide) groups is 1. The Balaban J connectivity index is 1.44. The van der Waals surface area contributed by atoms with Gasteiger partial charge in [0.15, 0.2) is 10.9 Å². The number of halogens is 4. The first-order chi connectivity index (χ1) is 17.1. The van der Waals surface area contributed by atoms with Crippen LogP contribution in [0.25, 0.3) is 6.08 Å². The summed E-state index contributed by atoms with van der Waals surface area (Å²) in [6, 6.07) is 17.8. The maximum absolute atomic E-state index is 13.1. The van der Waals surface area contributed by atoms with Crippen molar-refractivity contribution in [2.75, 3.05) is 16.8 Å². The summed E-state index contributed by atoms with van der Waals surface area (Å²) in [5, 5.41) is 3.23. The summed E-state index contributed by atoms with van der Waals surface area (Å²) in [5.41, 5.74) is 0.335. The number of hydrogen-bond acceptors (Lipinski definition) is 5. The van der Waals surface area contributed by atoms with E-state index >= 15 is 0 Å². The van der Waals surface area contributed by atoms with Gasteiger partial charge in [-0.25, -0.2) is 0 Å². The molecule has 0 spiro atoms. The zero-order valence-electron chi connectivity index (χ0n) is 18.2. The average Bonchev–Trinajstić information content (AvgIpc) is 3.11. The van der Waals surface area contributed by atoms with Gasteiger partial charge >= 0.3 is 6.18 Å². The fourth-order valence-electron chi connectivity index (χ4n) is 3.24. The third-order valence-corrected chi connectivity index (χ3v) is 6.43. The van der Waals surface area contributed by atoms with E-state index in [2.05, 4.69) is 5.32 Å². The first-order valence-electron chi connectivity index (χ1n) is 10.3. The third-order valence-electron chi connectivity index (χ3n) is 4.88. The molecule has 1 heterocycles. The van der Waals surface area contributed by atoms with Gasteiger partial charge in [0.1, 0.15) is 5.75 Å². The Morgan fingerprint density at radius 3 is 2.53 bits per heavy atom. The maximum atomic E-state index is 13.1. The highest BCUT2D eigenvalue weighted by atomic mass is 35.5. The van der Waals surface area contributed by atoms with Crippen LogP contribution in [0.2, 0.25) is 5.02 Å². The molecule has 1 fully saturated rings.